The van der Waals surface area contributed by atoms with Crippen molar-refractivity contribution in [2.24, 2.45) is 0 Å². The minimum absolute atomic E-state index is 0.0467. The molecule has 0 bridgehead atoms. The van der Waals surface area contributed by atoms with Gasteiger partial charge in [-0.1, -0.05) is 30.3 Å². The predicted octanol–water partition coefficient (Wildman–Crippen LogP) is 4.01. The molecule has 1 aliphatic heterocycles. The number of anilines is 1. The maximum absolute atomic E-state index is 12.8. The van der Waals surface area contributed by atoms with Crippen LogP contribution in [-0.4, -0.2) is 30.6 Å². The molecular weight excluding hydrogens is 354 g/mol. The summed E-state index contributed by atoms with van der Waals surface area (Å²) in [7, 11) is 0. The van der Waals surface area contributed by atoms with Crippen LogP contribution in [-0.2, 0) is 20.7 Å². The van der Waals surface area contributed by atoms with Gasteiger partial charge in [-0.15, -0.1) is 0 Å². The topological polar surface area (TPSA) is 55.8 Å². The highest BCUT2D eigenvalue weighted by Crippen LogP contribution is 2.32. The van der Waals surface area contributed by atoms with E-state index in [1.165, 1.54) is 6.08 Å². The molecule has 2 aromatic carbocycles. The quantitative estimate of drug-likeness (QED) is 0.562. The van der Waals surface area contributed by atoms with Gasteiger partial charge in [0.25, 0.3) is 5.91 Å². The van der Waals surface area contributed by atoms with Crippen molar-refractivity contribution in [3.63, 3.8) is 0 Å². The van der Waals surface area contributed by atoms with E-state index in [4.69, 9.17) is 9.47 Å². The Morgan fingerprint density at radius 3 is 2.61 bits per heavy atom. The Bertz CT molecular complexity index is 872. The van der Waals surface area contributed by atoms with E-state index < -0.39 is 12.1 Å². The number of carbonyl (C=O) groups is 2. The molecule has 28 heavy (non-hydrogen) atoms. The molecule has 5 nitrogen and oxygen atoms in total. The van der Waals surface area contributed by atoms with Gasteiger partial charge in [-0.05, 0) is 62.6 Å². The summed E-state index contributed by atoms with van der Waals surface area (Å²) in [5, 5.41) is 0. The van der Waals surface area contributed by atoms with Gasteiger partial charge >= 0.3 is 5.97 Å². The van der Waals surface area contributed by atoms with E-state index in [1.54, 1.807) is 17.9 Å². The zero-order valence-corrected chi connectivity index (χ0v) is 16.4. The highest BCUT2D eigenvalue weighted by Gasteiger charge is 2.34. The molecule has 0 aliphatic carbocycles. The second kappa shape index (κ2) is 8.74. The molecule has 146 valence electrons. The van der Waals surface area contributed by atoms with E-state index in [1.807, 2.05) is 62.4 Å². The third-order valence-electron chi connectivity index (χ3n) is 4.69. The van der Waals surface area contributed by atoms with Crippen LogP contribution in [0.3, 0.4) is 0 Å². The summed E-state index contributed by atoms with van der Waals surface area (Å²) in [5.41, 5.74) is 2.88. The molecule has 2 atom stereocenters. The summed E-state index contributed by atoms with van der Waals surface area (Å²) >= 11 is 0. The monoisotopic (exact) mass is 379 g/mol. The number of hydrogen-bond acceptors (Lipinski definition) is 4. The SMILES string of the molecule is CCOc1ccc(/C=C/C(=O)O[C@H](C)C(=O)N2c3ccccc3C[C@@H]2C)cc1. The average molecular weight is 379 g/mol. The lowest BCUT2D eigenvalue weighted by molar-refractivity contribution is -0.149. The van der Waals surface area contributed by atoms with Crippen molar-refractivity contribution in [1.29, 1.82) is 0 Å². The number of ether oxygens (including phenoxy) is 2. The molecule has 1 heterocycles. The molecule has 1 aliphatic rings. The van der Waals surface area contributed by atoms with Crippen LogP contribution in [0.5, 0.6) is 5.75 Å². The smallest absolute Gasteiger partial charge is 0.331 e. The van der Waals surface area contributed by atoms with Crippen LogP contribution in [0.4, 0.5) is 5.69 Å². The van der Waals surface area contributed by atoms with E-state index in [2.05, 4.69) is 0 Å². The standard InChI is InChI=1S/C23H25NO4/c1-4-27-20-12-9-18(10-13-20)11-14-22(25)28-17(3)23(26)24-16(2)15-19-7-5-6-8-21(19)24/h5-14,16-17H,4,15H2,1-3H3/b14-11+/t16-,17+/m0/s1. The van der Waals surface area contributed by atoms with Gasteiger partial charge in [0.15, 0.2) is 6.10 Å². The molecule has 0 saturated carbocycles. The van der Waals surface area contributed by atoms with Crippen LogP contribution < -0.4 is 9.64 Å². The van der Waals surface area contributed by atoms with Gasteiger partial charge in [-0.25, -0.2) is 4.79 Å². The van der Waals surface area contributed by atoms with Crippen molar-refractivity contribution in [1.82, 2.24) is 0 Å². The van der Waals surface area contributed by atoms with Crippen molar-refractivity contribution in [3.05, 3.63) is 65.7 Å². The van der Waals surface area contributed by atoms with Gasteiger partial charge in [-0.2, -0.15) is 0 Å². The van der Waals surface area contributed by atoms with Crippen LogP contribution in [0.2, 0.25) is 0 Å². The first-order chi connectivity index (χ1) is 13.5. The molecule has 1 amide bonds. The highest BCUT2D eigenvalue weighted by molar-refractivity contribution is 6.00. The summed E-state index contributed by atoms with van der Waals surface area (Å²) in [6.07, 6.45) is 2.94. The number of esters is 1. The van der Waals surface area contributed by atoms with Crippen LogP contribution in [0.15, 0.2) is 54.6 Å². The fourth-order valence-corrected chi connectivity index (χ4v) is 3.37. The summed E-state index contributed by atoms with van der Waals surface area (Å²) < 4.78 is 10.7. The van der Waals surface area contributed by atoms with E-state index in [9.17, 15) is 9.59 Å². The molecule has 0 N–H and O–H groups in total. The lowest BCUT2D eigenvalue weighted by Crippen LogP contribution is -2.43. The third-order valence-corrected chi connectivity index (χ3v) is 4.69. The second-order valence-corrected chi connectivity index (χ2v) is 6.80. The number of hydrogen-bond donors (Lipinski definition) is 0. The Balaban J connectivity index is 1.60. The highest BCUT2D eigenvalue weighted by atomic mass is 16.5. The summed E-state index contributed by atoms with van der Waals surface area (Å²) in [6.45, 7) is 6.14. The molecule has 0 fully saturated rings. The average Bonchev–Trinajstić information content (AvgIpc) is 3.02. The lowest BCUT2D eigenvalue weighted by Gasteiger charge is -2.25. The Labute approximate surface area is 165 Å². The van der Waals surface area contributed by atoms with Gasteiger partial charge in [0.1, 0.15) is 5.75 Å². The molecule has 0 unspecified atom stereocenters. The molecule has 0 aromatic heterocycles. The number of carbonyl (C=O) groups excluding carboxylic acids is 2. The van der Waals surface area contributed by atoms with Crippen molar-refractivity contribution in [2.45, 2.75) is 39.3 Å². The molecule has 2 aromatic rings. The van der Waals surface area contributed by atoms with Crippen LogP contribution in [0.25, 0.3) is 6.08 Å². The Kier molecular flexibility index (Phi) is 6.14. The van der Waals surface area contributed by atoms with Crippen molar-refractivity contribution in [3.8, 4) is 5.75 Å². The lowest BCUT2D eigenvalue weighted by atomic mass is 10.1. The number of benzene rings is 2. The van der Waals surface area contributed by atoms with Crippen LogP contribution in [0, 0.1) is 0 Å². The van der Waals surface area contributed by atoms with Crippen molar-refractivity contribution >= 4 is 23.6 Å². The minimum Gasteiger partial charge on any atom is -0.494 e. The fraction of sp³-hybridized carbons (Fsp3) is 0.304. The molecule has 0 spiro atoms. The zero-order chi connectivity index (χ0) is 20.1. The Hall–Kier alpha value is -3.08. The van der Waals surface area contributed by atoms with E-state index in [-0.39, 0.29) is 11.9 Å². The first-order valence-corrected chi connectivity index (χ1v) is 9.52. The van der Waals surface area contributed by atoms with Crippen LogP contribution in [0.1, 0.15) is 31.9 Å². The third kappa shape index (κ3) is 4.42. The van der Waals surface area contributed by atoms with Gasteiger partial charge in [-0.3, -0.25) is 4.79 Å². The van der Waals surface area contributed by atoms with E-state index >= 15 is 0 Å². The van der Waals surface area contributed by atoms with Crippen LogP contribution >= 0.6 is 0 Å². The molecular formula is C23H25NO4. The van der Waals surface area contributed by atoms with Gasteiger partial charge in [0.05, 0.1) is 6.61 Å². The van der Waals surface area contributed by atoms with Gasteiger partial charge in [0, 0.05) is 17.8 Å². The summed E-state index contributed by atoms with van der Waals surface area (Å²) in [4.78, 5) is 26.7. The summed E-state index contributed by atoms with van der Waals surface area (Å²) in [6, 6.07) is 15.3. The molecule has 0 radical (unpaired) electrons. The maximum atomic E-state index is 12.8. The number of amides is 1. The van der Waals surface area contributed by atoms with Crippen molar-refractivity contribution < 1.29 is 19.1 Å². The molecule has 3 rings (SSSR count). The normalized spacial score (nSPS) is 16.7. The maximum Gasteiger partial charge on any atom is 0.331 e. The number of nitrogens with zero attached hydrogens (tertiary/aromatic N) is 1. The molecule has 5 heteroatoms. The fourth-order valence-electron chi connectivity index (χ4n) is 3.37. The first-order valence-electron chi connectivity index (χ1n) is 9.52. The number of rotatable bonds is 6. The number of fused-ring (bicyclic) bond motifs is 1. The second-order valence-electron chi connectivity index (χ2n) is 6.80. The summed E-state index contributed by atoms with van der Waals surface area (Å²) in [5.74, 6) is 0.0246. The molecule has 0 saturated heterocycles. The predicted molar refractivity (Wildman–Crippen MR) is 109 cm³/mol. The zero-order valence-electron chi connectivity index (χ0n) is 16.4. The Morgan fingerprint density at radius 1 is 1.18 bits per heavy atom. The first kappa shape index (κ1) is 19.7. The van der Waals surface area contributed by atoms with Crippen molar-refractivity contribution in [2.75, 3.05) is 11.5 Å². The van der Waals surface area contributed by atoms with Gasteiger partial charge in [0.2, 0.25) is 0 Å². The van der Waals surface area contributed by atoms with Gasteiger partial charge < -0.3 is 14.4 Å². The minimum atomic E-state index is -0.855. The number of para-hydroxylation sites is 1. The Morgan fingerprint density at radius 2 is 1.89 bits per heavy atom. The van der Waals surface area contributed by atoms with E-state index in [0.717, 1.165) is 29.0 Å². The largest absolute Gasteiger partial charge is 0.494 e. The van der Waals surface area contributed by atoms with E-state index in [0.29, 0.717) is 6.61 Å².